The fourth-order valence-corrected chi connectivity index (χ4v) is 2.42. The van der Waals surface area contributed by atoms with Crippen molar-refractivity contribution in [2.45, 2.75) is 85.0 Å². The van der Waals surface area contributed by atoms with Crippen LogP contribution in [0.1, 0.15) is 89.6 Å². The molecule has 0 bridgehead atoms. The summed E-state index contributed by atoms with van der Waals surface area (Å²) in [5, 5.41) is 3.44. The number of hydrogen-bond acceptors (Lipinski definition) is 3. The minimum atomic E-state index is 0.383. The van der Waals surface area contributed by atoms with Gasteiger partial charge >= 0.3 is 0 Å². The van der Waals surface area contributed by atoms with Gasteiger partial charge in [0.05, 0.1) is 0 Å². The molecule has 0 aliphatic heterocycles. The van der Waals surface area contributed by atoms with Crippen LogP contribution < -0.4 is 5.32 Å². The highest BCUT2D eigenvalue weighted by atomic mass is 15.0. The topological polar surface area (TPSA) is 37.8 Å². The van der Waals surface area contributed by atoms with Gasteiger partial charge in [-0.2, -0.15) is 0 Å². The Morgan fingerprint density at radius 2 is 1.57 bits per heavy atom. The zero-order valence-electron chi connectivity index (χ0n) is 14.4. The van der Waals surface area contributed by atoms with Crippen LogP contribution >= 0.6 is 0 Å². The van der Waals surface area contributed by atoms with E-state index in [0.717, 1.165) is 23.9 Å². The van der Waals surface area contributed by atoms with Crippen LogP contribution in [0, 0.1) is 6.92 Å². The zero-order valence-corrected chi connectivity index (χ0v) is 14.4. The van der Waals surface area contributed by atoms with E-state index in [2.05, 4.69) is 36.1 Å². The lowest BCUT2D eigenvalue weighted by Crippen LogP contribution is -2.07. The van der Waals surface area contributed by atoms with Gasteiger partial charge < -0.3 is 5.32 Å². The summed E-state index contributed by atoms with van der Waals surface area (Å²) in [6.07, 6.45) is 10.9. The van der Waals surface area contributed by atoms with Crippen molar-refractivity contribution in [3.8, 4) is 0 Å². The van der Waals surface area contributed by atoms with Crippen LogP contribution in [-0.2, 0) is 0 Å². The molecule has 1 N–H and O–H groups in total. The summed E-state index contributed by atoms with van der Waals surface area (Å²) < 4.78 is 0. The average Bonchev–Trinajstić information content (AvgIpc) is 2.45. The smallest absolute Gasteiger partial charge is 0.133 e. The highest BCUT2D eigenvalue weighted by Crippen LogP contribution is 2.14. The number of rotatable bonds is 11. The van der Waals surface area contributed by atoms with Crippen LogP contribution in [0.15, 0.2) is 6.07 Å². The fourth-order valence-electron chi connectivity index (χ4n) is 2.42. The monoisotopic (exact) mass is 291 g/mol. The summed E-state index contributed by atoms with van der Waals surface area (Å²) in [4.78, 5) is 9.05. The number of unbranched alkanes of at least 4 members (excludes halogenated alkanes) is 7. The summed E-state index contributed by atoms with van der Waals surface area (Å²) in [7, 11) is 0. The van der Waals surface area contributed by atoms with E-state index in [-0.39, 0.29) is 0 Å². The molecule has 0 spiro atoms. The maximum absolute atomic E-state index is 4.58. The van der Waals surface area contributed by atoms with Crippen LogP contribution in [0.4, 0.5) is 5.82 Å². The van der Waals surface area contributed by atoms with E-state index in [1.165, 1.54) is 51.4 Å². The summed E-state index contributed by atoms with van der Waals surface area (Å²) in [6, 6.07) is 2.04. The lowest BCUT2D eigenvalue weighted by molar-refractivity contribution is 0.581. The molecule has 0 atom stereocenters. The summed E-state index contributed by atoms with van der Waals surface area (Å²) in [6.45, 7) is 9.59. The first-order chi connectivity index (χ1) is 10.1. The lowest BCUT2D eigenvalue weighted by Gasteiger charge is -2.10. The minimum absolute atomic E-state index is 0.383. The number of hydrogen-bond donors (Lipinski definition) is 1. The molecule has 1 heterocycles. The molecule has 0 fully saturated rings. The Hall–Kier alpha value is -1.12. The van der Waals surface area contributed by atoms with Gasteiger partial charge in [0.2, 0.25) is 0 Å². The summed E-state index contributed by atoms with van der Waals surface area (Å²) in [5.41, 5.74) is 1.05. The van der Waals surface area contributed by atoms with Gasteiger partial charge in [0, 0.05) is 24.2 Å². The Labute approximate surface area is 131 Å². The van der Waals surface area contributed by atoms with Crippen molar-refractivity contribution < 1.29 is 0 Å². The number of nitrogens with one attached hydrogen (secondary N) is 1. The van der Waals surface area contributed by atoms with Gasteiger partial charge in [-0.3, -0.25) is 0 Å². The Bertz CT molecular complexity index is 388. The summed E-state index contributed by atoms with van der Waals surface area (Å²) in [5.74, 6) is 2.30. The van der Waals surface area contributed by atoms with Crippen molar-refractivity contribution in [3.05, 3.63) is 17.6 Å². The van der Waals surface area contributed by atoms with E-state index in [1.54, 1.807) is 0 Å². The fraction of sp³-hybridized carbons (Fsp3) is 0.778. The van der Waals surface area contributed by atoms with Crippen molar-refractivity contribution in [3.63, 3.8) is 0 Å². The maximum Gasteiger partial charge on any atom is 0.133 e. The second kappa shape index (κ2) is 10.6. The molecule has 0 aliphatic rings. The Balaban J connectivity index is 2.15. The predicted octanol–water partition coefficient (Wildman–Crippen LogP) is 5.46. The predicted molar refractivity (Wildman–Crippen MR) is 92.0 cm³/mol. The summed E-state index contributed by atoms with van der Waals surface area (Å²) >= 11 is 0. The van der Waals surface area contributed by atoms with Crippen molar-refractivity contribution >= 4 is 5.82 Å². The van der Waals surface area contributed by atoms with E-state index in [1.807, 2.05) is 13.0 Å². The molecule has 1 aromatic rings. The van der Waals surface area contributed by atoms with Crippen molar-refractivity contribution in [1.82, 2.24) is 9.97 Å². The van der Waals surface area contributed by atoms with E-state index in [0.29, 0.717) is 5.92 Å². The van der Waals surface area contributed by atoms with Crippen LogP contribution in [0.25, 0.3) is 0 Å². The van der Waals surface area contributed by atoms with Gasteiger partial charge in [-0.05, 0) is 13.3 Å². The molecule has 1 rings (SSSR count). The van der Waals surface area contributed by atoms with E-state index < -0.39 is 0 Å². The Morgan fingerprint density at radius 3 is 2.19 bits per heavy atom. The van der Waals surface area contributed by atoms with Crippen LogP contribution in [0.3, 0.4) is 0 Å². The molecule has 0 unspecified atom stereocenters. The van der Waals surface area contributed by atoms with Gasteiger partial charge in [0.25, 0.3) is 0 Å². The first-order valence-electron chi connectivity index (χ1n) is 8.73. The molecule has 0 radical (unpaired) electrons. The number of aromatic nitrogens is 2. The average molecular weight is 291 g/mol. The lowest BCUT2D eigenvalue weighted by atomic mass is 10.1. The van der Waals surface area contributed by atoms with Gasteiger partial charge in [-0.1, -0.05) is 65.7 Å². The Kier molecular flexibility index (Phi) is 9.04. The van der Waals surface area contributed by atoms with E-state index in [4.69, 9.17) is 0 Å². The molecule has 0 amide bonds. The normalized spacial score (nSPS) is 11.1. The van der Waals surface area contributed by atoms with E-state index >= 15 is 0 Å². The molecule has 3 heteroatoms. The molecule has 1 aromatic heterocycles. The van der Waals surface area contributed by atoms with E-state index in [9.17, 15) is 0 Å². The first kappa shape index (κ1) is 17.9. The molecular formula is C18H33N3. The standard InChI is InChI=1S/C18H33N3/c1-5-6-7-8-9-10-11-12-13-19-17-14-16(4)20-18(21-17)15(2)3/h14-15H,5-13H2,1-4H3,(H,19,20,21). The third-order valence-electron chi connectivity index (χ3n) is 3.72. The molecule has 0 aromatic carbocycles. The number of aryl methyl sites for hydroxylation is 1. The molecule has 120 valence electrons. The van der Waals surface area contributed by atoms with Gasteiger partial charge in [-0.25, -0.2) is 9.97 Å². The van der Waals surface area contributed by atoms with Gasteiger partial charge in [0.1, 0.15) is 11.6 Å². The van der Waals surface area contributed by atoms with Gasteiger partial charge in [0.15, 0.2) is 0 Å². The highest BCUT2D eigenvalue weighted by Gasteiger charge is 2.05. The second-order valence-corrected chi connectivity index (χ2v) is 6.31. The molecular weight excluding hydrogens is 258 g/mol. The van der Waals surface area contributed by atoms with Crippen molar-refractivity contribution in [2.24, 2.45) is 0 Å². The zero-order chi connectivity index (χ0) is 15.5. The van der Waals surface area contributed by atoms with Crippen LogP contribution in [0.5, 0.6) is 0 Å². The maximum atomic E-state index is 4.58. The van der Waals surface area contributed by atoms with Crippen molar-refractivity contribution in [2.75, 3.05) is 11.9 Å². The quantitative estimate of drug-likeness (QED) is 0.550. The third kappa shape index (κ3) is 8.03. The molecule has 0 saturated heterocycles. The molecule has 3 nitrogen and oxygen atoms in total. The highest BCUT2D eigenvalue weighted by molar-refractivity contribution is 5.36. The largest absolute Gasteiger partial charge is 0.370 e. The first-order valence-corrected chi connectivity index (χ1v) is 8.73. The molecule has 21 heavy (non-hydrogen) atoms. The third-order valence-corrected chi connectivity index (χ3v) is 3.72. The molecule has 0 saturated carbocycles. The Morgan fingerprint density at radius 1 is 0.952 bits per heavy atom. The number of nitrogens with zero attached hydrogens (tertiary/aromatic N) is 2. The van der Waals surface area contributed by atoms with Crippen molar-refractivity contribution in [1.29, 1.82) is 0 Å². The minimum Gasteiger partial charge on any atom is -0.370 e. The van der Waals surface area contributed by atoms with Crippen LogP contribution in [0.2, 0.25) is 0 Å². The second-order valence-electron chi connectivity index (χ2n) is 6.31. The van der Waals surface area contributed by atoms with Crippen LogP contribution in [-0.4, -0.2) is 16.5 Å². The van der Waals surface area contributed by atoms with Gasteiger partial charge in [-0.15, -0.1) is 0 Å². The molecule has 0 aliphatic carbocycles. The SMILES string of the molecule is CCCCCCCCCCNc1cc(C)nc(C(C)C)n1. The number of anilines is 1.